The first-order chi connectivity index (χ1) is 28.7. The van der Waals surface area contributed by atoms with E-state index in [9.17, 15) is 0 Å². The Hall–Kier alpha value is -7.47. The van der Waals surface area contributed by atoms with Crippen LogP contribution in [0, 0.1) is 0 Å². The summed E-state index contributed by atoms with van der Waals surface area (Å²) in [5, 5.41) is 7.10. The first-order valence-electron chi connectivity index (χ1n) is 19.4. The highest BCUT2D eigenvalue weighted by Crippen LogP contribution is 2.46. The molecule has 0 aliphatic carbocycles. The zero-order valence-electron chi connectivity index (χ0n) is 31.1. The van der Waals surface area contributed by atoms with Crippen molar-refractivity contribution in [1.29, 1.82) is 0 Å². The predicted molar refractivity (Wildman–Crippen MR) is 243 cm³/mol. The monoisotopic (exact) mass is 760 g/mol. The third-order valence-electron chi connectivity index (χ3n) is 11.3. The third kappa shape index (κ3) is 5.32. The molecule has 0 fully saturated rings. The molecular formula is C53H32N2O2S. The van der Waals surface area contributed by atoms with E-state index in [2.05, 4.69) is 163 Å². The second kappa shape index (κ2) is 13.1. The van der Waals surface area contributed by atoms with E-state index in [0.29, 0.717) is 11.5 Å². The fourth-order valence-electron chi connectivity index (χ4n) is 8.52. The first-order valence-corrected chi connectivity index (χ1v) is 20.2. The van der Waals surface area contributed by atoms with E-state index in [4.69, 9.17) is 13.8 Å². The van der Waals surface area contributed by atoms with Gasteiger partial charge in [-0.25, -0.2) is 4.98 Å². The number of anilines is 3. The minimum atomic E-state index is 0.607. The van der Waals surface area contributed by atoms with E-state index in [1.54, 1.807) is 0 Å². The Morgan fingerprint density at radius 1 is 0.414 bits per heavy atom. The van der Waals surface area contributed by atoms with Gasteiger partial charge in [0.2, 0.25) is 5.89 Å². The summed E-state index contributed by atoms with van der Waals surface area (Å²) in [5.74, 6) is 0.607. The van der Waals surface area contributed by atoms with E-state index in [1.807, 2.05) is 47.7 Å². The summed E-state index contributed by atoms with van der Waals surface area (Å²) < 4.78 is 15.2. The lowest BCUT2D eigenvalue weighted by Crippen LogP contribution is -2.10. The van der Waals surface area contributed by atoms with Crippen LogP contribution in [0.5, 0.6) is 0 Å². The maximum Gasteiger partial charge on any atom is 0.227 e. The van der Waals surface area contributed by atoms with Crippen molar-refractivity contribution in [3.8, 4) is 33.7 Å². The number of thiophene rings is 1. The van der Waals surface area contributed by atoms with Crippen molar-refractivity contribution in [2.75, 3.05) is 4.90 Å². The molecular weight excluding hydrogens is 729 g/mol. The summed E-state index contributed by atoms with van der Waals surface area (Å²) in [6, 6.07) is 68.9. The van der Waals surface area contributed by atoms with Crippen molar-refractivity contribution < 1.29 is 8.83 Å². The largest absolute Gasteiger partial charge is 0.456 e. The maximum absolute atomic E-state index is 6.45. The van der Waals surface area contributed by atoms with Crippen LogP contribution in [0.1, 0.15) is 0 Å². The third-order valence-corrected chi connectivity index (χ3v) is 12.4. The molecule has 0 bridgehead atoms. The van der Waals surface area contributed by atoms with Gasteiger partial charge in [0.25, 0.3) is 0 Å². The van der Waals surface area contributed by atoms with Gasteiger partial charge in [-0.15, -0.1) is 11.3 Å². The van der Waals surface area contributed by atoms with Crippen molar-refractivity contribution >= 4 is 92.4 Å². The molecule has 5 heteroatoms. The SMILES string of the molecule is c1ccc(-c2nc3cc4c(cc3o2)oc2cc(-c3ccc(N(c5ccc(-c6cccc7ccccc67)cc5)c5cccc6sc7ccccc7c56)cc3)ccc24)cc1. The number of hydrogen-bond donors (Lipinski definition) is 0. The smallest absolute Gasteiger partial charge is 0.227 e. The molecule has 0 radical (unpaired) electrons. The summed E-state index contributed by atoms with van der Waals surface area (Å²) >= 11 is 1.84. The van der Waals surface area contributed by atoms with Crippen LogP contribution in [0.2, 0.25) is 0 Å². The fourth-order valence-corrected chi connectivity index (χ4v) is 9.65. The van der Waals surface area contributed by atoms with Gasteiger partial charge < -0.3 is 13.7 Å². The highest BCUT2D eigenvalue weighted by molar-refractivity contribution is 7.26. The van der Waals surface area contributed by atoms with Crippen LogP contribution in [-0.4, -0.2) is 4.98 Å². The van der Waals surface area contributed by atoms with Gasteiger partial charge in [-0.3, -0.25) is 0 Å². The molecule has 0 N–H and O–H groups in total. The lowest BCUT2D eigenvalue weighted by molar-refractivity contribution is 0.617. The molecule has 0 aliphatic rings. The summed E-state index contributed by atoms with van der Waals surface area (Å²) in [6.07, 6.45) is 0. The fraction of sp³-hybridized carbons (Fsp3) is 0. The Labute approximate surface area is 337 Å². The molecule has 58 heavy (non-hydrogen) atoms. The van der Waals surface area contributed by atoms with Crippen LogP contribution in [0.25, 0.3) is 97.7 Å². The Kier molecular flexibility index (Phi) is 7.37. The number of fused-ring (bicyclic) bond motifs is 8. The molecule has 3 aromatic heterocycles. The Balaban J connectivity index is 0.938. The van der Waals surface area contributed by atoms with Crippen molar-refractivity contribution in [3.05, 3.63) is 194 Å². The normalized spacial score (nSPS) is 11.8. The Bertz CT molecular complexity index is 3500. The van der Waals surface area contributed by atoms with Crippen molar-refractivity contribution in [2.45, 2.75) is 0 Å². The highest BCUT2D eigenvalue weighted by Gasteiger charge is 2.20. The number of aromatic nitrogens is 1. The van der Waals surface area contributed by atoms with Crippen molar-refractivity contribution in [3.63, 3.8) is 0 Å². The molecule has 0 saturated carbocycles. The minimum absolute atomic E-state index is 0.607. The van der Waals surface area contributed by atoms with Crippen molar-refractivity contribution in [2.24, 2.45) is 0 Å². The van der Waals surface area contributed by atoms with Gasteiger partial charge in [-0.05, 0) is 106 Å². The average Bonchev–Trinajstić information content (AvgIpc) is 3.99. The number of hydrogen-bond acceptors (Lipinski definition) is 5. The van der Waals surface area contributed by atoms with Crippen LogP contribution < -0.4 is 4.90 Å². The highest BCUT2D eigenvalue weighted by atomic mass is 32.1. The zero-order valence-corrected chi connectivity index (χ0v) is 31.9. The second-order valence-corrected chi connectivity index (χ2v) is 15.8. The molecule has 0 spiro atoms. The molecule has 12 aromatic rings. The van der Waals surface area contributed by atoms with Gasteiger partial charge in [0.15, 0.2) is 5.58 Å². The number of oxazole rings is 1. The van der Waals surface area contributed by atoms with Gasteiger partial charge in [-0.2, -0.15) is 0 Å². The lowest BCUT2D eigenvalue weighted by atomic mass is 9.98. The van der Waals surface area contributed by atoms with Crippen LogP contribution in [0.15, 0.2) is 203 Å². The topological polar surface area (TPSA) is 42.4 Å². The van der Waals surface area contributed by atoms with Crippen molar-refractivity contribution in [1.82, 2.24) is 4.98 Å². The quantitative estimate of drug-likeness (QED) is 0.169. The van der Waals surface area contributed by atoms with E-state index in [-0.39, 0.29) is 0 Å². The van der Waals surface area contributed by atoms with Gasteiger partial charge >= 0.3 is 0 Å². The zero-order chi connectivity index (χ0) is 38.2. The molecule has 4 nitrogen and oxygen atoms in total. The van der Waals surface area contributed by atoms with E-state index in [0.717, 1.165) is 61.2 Å². The average molecular weight is 761 g/mol. The predicted octanol–water partition coefficient (Wildman–Crippen LogP) is 15.7. The molecule has 272 valence electrons. The standard InChI is InChI=1S/C53H32N2O2S/c1-2-11-36(12-3-1)53-54-45-31-44-42-29-24-37(30-47(42)56-48(44)32-49(45)57-53)33-20-25-38(26-21-33)55(46-17-9-19-51-52(46)43-15-6-7-18-50(43)58-51)39-27-22-35(23-28-39)41-16-8-13-34-10-4-5-14-40(34)41/h1-32H. The second-order valence-electron chi connectivity index (χ2n) is 14.7. The number of benzene rings is 9. The van der Waals surface area contributed by atoms with Gasteiger partial charge in [0, 0.05) is 53.9 Å². The maximum atomic E-state index is 6.45. The molecule has 9 aromatic carbocycles. The molecule has 12 rings (SSSR count). The molecule has 0 atom stereocenters. The summed E-state index contributed by atoms with van der Waals surface area (Å²) in [4.78, 5) is 7.19. The molecule has 0 unspecified atom stereocenters. The summed E-state index contributed by atoms with van der Waals surface area (Å²) in [7, 11) is 0. The van der Waals surface area contributed by atoms with Crippen LogP contribution in [-0.2, 0) is 0 Å². The summed E-state index contributed by atoms with van der Waals surface area (Å²) in [6.45, 7) is 0. The molecule has 3 heterocycles. The molecule has 0 aliphatic heterocycles. The van der Waals surface area contributed by atoms with E-state index >= 15 is 0 Å². The number of furan rings is 1. The number of nitrogens with zero attached hydrogens (tertiary/aromatic N) is 2. The Morgan fingerprint density at radius 3 is 1.93 bits per heavy atom. The molecule has 0 amide bonds. The summed E-state index contributed by atoms with van der Waals surface area (Å²) in [5.41, 5.74) is 12.0. The van der Waals surface area contributed by atoms with Gasteiger partial charge in [0.05, 0.1) is 5.69 Å². The van der Waals surface area contributed by atoms with Crippen LogP contribution >= 0.6 is 11.3 Å². The van der Waals surface area contributed by atoms with E-state index < -0.39 is 0 Å². The Morgan fingerprint density at radius 2 is 1.09 bits per heavy atom. The first kappa shape index (κ1) is 32.7. The van der Waals surface area contributed by atoms with Crippen LogP contribution in [0.3, 0.4) is 0 Å². The minimum Gasteiger partial charge on any atom is -0.456 e. The number of rotatable bonds is 6. The lowest BCUT2D eigenvalue weighted by Gasteiger charge is -2.27. The van der Waals surface area contributed by atoms with Gasteiger partial charge in [0.1, 0.15) is 16.7 Å². The molecule has 0 saturated heterocycles. The van der Waals surface area contributed by atoms with Crippen LogP contribution in [0.4, 0.5) is 17.1 Å². The van der Waals surface area contributed by atoms with Gasteiger partial charge in [-0.1, -0.05) is 115 Å². The van der Waals surface area contributed by atoms with E-state index in [1.165, 1.54) is 42.1 Å².